The van der Waals surface area contributed by atoms with Crippen LogP contribution in [0, 0.1) is 12.8 Å². The van der Waals surface area contributed by atoms with E-state index in [0.29, 0.717) is 42.7 Å². The number of halogens is 1. The lowest BCUT2D eigenvalue weighted by molar-refractivity contribution is -0.142. The number of rotatable bonds is 5. The molecule has 4 rings (SSSR count). The molecule has 2 atom stereocenters. The normalized spacial score (nSPS) is 20.8. The number of nitrogens with zero attached hydrogens (tertiary/aromatic N) is 2. The van der Waals surface area contributed by atoms with Crippen molar-refractivity contribution in [1.29, 1.82) is 0 Å². The fourth-order valence-electron chi connectivity index (χ4n) is 4.43. The Balaban J connectivity index is 1.48. The number of anilines is 1. The number of ether oxygens (including phenoxy) is 3. The first-order valence-electron chi connectivity index (χ1n) is 10.6. The maximum Gasteiger partial charge on any atom is 0.307 e. The SMILES string of the molecule is COc1ccc([C@H]2OC(=O)C[C@H]2C(=O)N2CCN(c3cc(Cl)ccc3C)CC2)cc1OC. The first kappa shape index (κ1) is 22.3. The Labute approximate surface area is 192 Å². The summed E-state index contributed by atoms with van der Waals surface area (Å²) in [5.74, 6) is 0.134. The van der Waals surface area contributed by atoms with Gasteiger partial charge in [0.15, 0.2) is 11.5 Å². The van der Waals surface area contributed by atoms with E-state index in [1.165, 1.54) is 0 Å². The second kappa shape index (κ2) is 9.28. The van der Waals surface area contributed by atoms with Crippen LogP contribution in [0.3, 0.4) is 0 Å². The monoisotopic (exact) mass is 458 g/mol. The molecule has 2 saturated heterocycles. The predicted octanol–water partition coefficient (Wildman–Crippen LogP) is 3.62. The largest absolute Gasteiger partial charge is 0.493 e. The van der Waals surface area contributed by atoms with Gasteiger partial charge in [-0.3, -0.25) is 9.59 Å². The van der Waals surface area contributed by atoms with E-state index in [4.69, 9.17) is 25.8 Å². The van der Waals surface area contributed by atoms with E-state index in [1.807, 2.05) is 29.2 Å². The molecule has 0 N–H and O–H groups in total. The third-order valence-electron chi connectivity index (χ3n) is 6.17. The van der Waals surface area contributed by atoms with Crippen LogP contribution in [0.15, 0.2) is 36.4 Å². The molecule has 7 nitrogen and oxygen atoms in total. The van der Waals surface area contributed by atoms with Gasteiger partial charge in [-0.05, 0) is 42.3 Å². The molecule has 2 fully saturated rings. The van der Waals surface area contributed by atoms with Gasteiger partial charge in [-0.25, -0.2) is 0 Å². The lowest BCUT2D eigenvalue weighted by Crippen LogP contribution is -2.50. The second-order valence-electron chi connectivity index (χ2n) is 8.08. The summed E-state index contributed by atoms with van der Waals surface area (Å²) in [5, 5.41) is 0.698. The Hall–Kier alpha value is -2.93. The molecule has 2 aromatic carbocycles. The highest BCUT2D eigenvalue weighted by Crippen LogP contribution is 2.40. The number of piperazine rings is 1. The third kappa shape index (κ3) is 4.35. The number of hydrogen-bond acceptors (Lipinski definition) is 6. The van der Waals surface area contributed by atoms with Gasteiger partial charge in [0.1, 0.15) is 6.10 Å². The summed E-state index contributed by atoms with van der Waals surface area (Å²) >= 11 is 6.18. The number of hydrogen-bond donors (Lipinski definition) is 0. The summed E-state index contributed by atoms with van der Waals surface area (Å²) in [4.78, 5) is 29.6. The number of carbonyl (C=O) groups is 2. The fourth-order valence-corrected chi connectivity index (χ4v) is 4.60. The summed E-state index contributed by atoms with van der Waals surface area (Å²) in [5.41, 5.74) is 2.96. The predicted molar refractivity (Wildman–Crippen MR) is 121 cm³/mol. The van der Waals surface area contributed by atoms with Crippen molar-refractivity contribution >= 4 is 29.2 Å². The number of benzene rings is 2. The number of esters is 1. The van der Waals surface area contributed by atoms with Crippen molar-refractivity contribution in [3.05, 3.63) is 52.5 Å². The Kier molecular flexibility index (Phi) is 6.46. The molecule has 0 aromatic heterocycles. The van der Waals surface area contributed by atoms with Crippen LogP contribution in [-0.4, -0.2) is 57.2 Å². The molecular formula is C24H27ClN2O5. The van der Waals surface area contributed by atoms with Crippen molar-refractivity contribution < 1.29 is 23.8 Å². The highest BCUT2D eigenvalue weighted by Gasteiger charge is 2.43. The quantitative estimate of drug-likeness (QED) is 0.637. The first-order valence-corrected chi connectivity index (χ1v) is 11.0. The lowest BCUT2D eigenvalue weighted by atomic mass is 9.93. The highest BCUT2D eigenvalue weighted by atomic mass is 35.5. The first-order chi connectivity index (χ1) is 15.4. The summed E-state index contributed by atoms with van der Waals surface area (Å²) in [7, 11) is 3.11. The minimum atomic E-state index is -0.636. The minimum Gasteiger partial charge on any atom is -0.493 e. The molecule has 8 heteroatoms. The van der Waals surface area contributed by atoms with Crippen LogP contribution in [0.5, 0.6) is 11.5 Å². The number of aryl methyl sites for hydroxylation is 1. The third-order valence-corrected chi connectivity index (χ3v) is 6.40. The van der Waals surface area contributed by atoms with Crippen LogP contribution in [0.1, 0.15) is 23.7 Å². The molecule has 2 aromatic rings. The Morgan fingerprint density at radius 3 is 2.44 bits per heavy atom. The molecule has 170 valence electrons. The van der Waals surface area contributed by atoms with E-state index in [9.17, 15) is 9.59 Å². The average molecular weight is 459 g/mol. The van der Waals surface area contributed by atoms with Crippen LogP contribution in [0.25, 0.3) is 0 Å². The molecule has 0 unspecified atom stereocenters. The number of amides is 1. The van der Waals surface area contributed by atoms with Gasteiger partial charge in [0.2, 0.25) is 5.91 Å². The van der Waals surface area contributed by atoms with Crippen molar-refractivity contribution in [1.82, 2.24) is 4.90 Å². The summed E-state index contributed by atoms with van der Waals surface area (Å²) in [6.45, 7) is 4.62. The van der Waals surface area contributed by atoms with Crippen molar-refractivity contribution in [2.24, 2.45) is 5.92 Å². The average Bonchev–Trinajstić information content (AvgIpc) is 3.21. The minimum absolute atomic E-state index is 0.0573. The van der Waals surface area contributed by atoms with E-state index < -0.39 is 12.0 Å². The summed E-state index contributed by atoms with van der Waals surface area (Å²) in [6, 6.07) is 11.2. The maximum atomic E-state index is 13.4. The molecule has 0 aliphatic carbocycles. The molecule has 2 aliphatic rings. The maximum absolute atomic E-state index is 13.4. The van der Waals surface area contributed by atoms with Gasteiger partial charge in [-0.2, -0.15) is 0 Å². The van der Waals surface area contributed by atoms with Crippen molar-refractivity contribution in [2.45, 2.75) is 19.4 Å². The molecule has 1 amide bonds. The molecule has 2 heterocycles. The van der Waals surface area contributed by atoms with Crippen LogP contribution in [0.2, 0.25) is 5.02 Å². The zero-order chi connectivity index (χ0) is 22.8. The molecule has 0 bridgehead atoms. The molecule has 0 radical (unpaired) electrons. The van der Waals surface area contributed by atoms with Crippen LogP contribution in [-0.2, 0) is 14.3 Å². The van der Waals surface area contributed by atoms with E-state index >= 15 is 0 Å². The van der Waals surface area contributed by atoms with Gasteiger partial charge in [0.25, 0.3) is 0 Å². The van der Waals surface area contributed by atoms with Crippen LogP contribution in [0.4, 0.5) is 5.69 Å². The highest BCUT2D eigenvalue weighted by molar-refractivity contribution is 6.30. The molecule has 2 aliphatic heterocycles. The Morgan fingerprint density at radius 1 is 1.03 bits per heavy atom. The van der Waals surface area contributed by atoms with Crippen molar-refractivity contribution in [3.63, 3.8) is 0 Å². The number of methoxy groups -OCH3 is 2. The van der Waals surface area contributed by atoms with Gasteiger partial charge in [0, 0.05) is 36.9 Å². The van der Waals surface area contributed by atoms with Crippen molar-refractivity contribution in [3.8, 4) is 11.5 Å². The van der Waals surface area contributed by atoms with Gasteiger partial charge in [-0.1, -0.05) is 23.7 Å². The van der Waals surface area contributed by atoms with E-state index in [1.54, 1.807) is 26.4 Å². The smallest absolute Gasteiger partial charge is 0.307 e. The number of cyclic esters (lactones) is 1. The van der Waals surface area contributed by atoms with Crippen molar-refractivity contribution in [2.75, 3.05) is 45.3 Å². The standard InChI is InChI=1S/C24H27ClN2O5/c1-15-4-6-17(25)13-19(15)26-8-10-27(11-9-26)24(29)18-14-22(28)32-23(18)16-5-7-20(30-2)21(12-16)31-3/h4-7,12-13,18,23H,8-11,14H2,1-3H3/t18-,23-/m1/s1. The second-order valence-corrected chi connectivity index (χ2v) is 8.52. The molecular weight excluding hydrogens is 432 g/mol. The molecule has 0 spiro atoms. The molecule has 0 saturated carbocycles. The van der Waals surface area contributed by atoms with Crippen LogP contribution >= 0.6 is 11.6 Å². The van der Waals surface area contributed by atoms with E-state index in [0.717, 1.165) is 16.8 Å². The molecule has 32 heavy (non-hydrogen) atoms. The zero-order valence-electron chi connectivity index (χ0n) is 18.5. The fraction of sp³-hybridized carbons (Fsp3) is 0.417. The summed E-state index contributed by atoms with van der Waals surface area (Å²) < 4.78 is 16.2. The van der Waals surface area contributed by atoms with Gasteiger partial charge >= 0.3 is 5.97 Å². The van der Waals surface area contributed by atoms with Gasteiger partial charge < -0.3 is 24.0 Å². The Bertz CT molecular complexity index is 1020. The Morgan fingerprint density at radius 2 is 1.75 bits per heavy atom. The topological polar surface area (TPSA) is 68.3 Å². The van der Waals surface area contributed by atoms with Gasteiger partial charge in [-0.15, -0.1) is 0 Å². The summed E-state index contributed by atoms with van der Waals surface area (Å²) in [6.07, 6.45) is -0.561. The number of carbonyl (C=O) groups excluding carboxylic acids is 2. The van der Waals surface area contributed by atoms with E-state index in [-0.39, 0.29) is 18.3 Å². The zero-order valence-corrected chi connectivity index (χ0v) is 19.2. The van der Waals surface area contributed by atoms with Gasteiger partial charge in [0.05, 0.1) is 26.6 Å². The van der Waals surface area contributed by atoms with E-state index in [2.05, 4.69) is 11.8 Å². The lowest BCUT2D eigenvalue weighted by Gasteiger charge is -2.38. The van der Waals surface area contributed by atoms with Crippen LogP contribution < -0.4 is 14.4 Å².